The lowest BCUT2D eigenvalue weighted by molar-refractivity contribution is -0.148. The first-order valence-corrected chi connectivity index (χ1v) is 28.3. The monoisotopic (exact) mass is 934 g/mol. The topological polar surface area (TPSA) is 95.9 Å². The third-order valence-corrected chi connectivity index (χ3v) is 12.5. The lowest BCUT2D eigenvalue weighted by atomic mass is 10.0. The van der Waals surface area contributed by atoms with Gasteiger partial charge in [0, 0.05) is 6.42 Å². The Kier molecular flexibility index (Phi) is 51.6. The largest absolute Gasteiger partial charge is 0.458 e. The molecule has 0 aliphatic rings. The fourth-order valence-corrected chi connectivity index (χ4v) is 8.19. The molecule has 0 saturated heterocycles. The number of ether oxygens (including phenoxy) is 1. The summed E-state index contributed by atoms with van der Waals surface area (Å²) in [6.45, 7) is 6.35. The molecule has 0 aromatic rings. The number of nitrogens with one attached hydrogen (secondary N) is 1. The summed E-state index contributed by atoms with van der Waals surface area (Å²) in [6.07, 6.45) is 71.0. The van der Waals surface area contributed by atoms with Gasteiger partial charge in [-0.3, -0.25) is 9.59 Å². The Morgan fingerprint density at radius 2 is 0.836 bits per heavy atom. The van der Waals surface area contributed by atoms with Gasteiger partial charge in [-0.1, -0.05) is 254 Å². The molecule has 67 heavy (non-hydrogen) atoms. The second-order valence-corrected chi connectivity index (χ2v) is 19.0. The van der Waals surface area contributed by atoms with E-state index in [0.29, 0.717) is 19.3 Å². The lowest BCUT2D eigenvalue weighted by Gasteiger charge is -2.23. The smallest absolute Gasteiger partial charge is 0.306 e. The highest BCUT2D eigenvalue weighted by Crippen LogP contribution is 2.16. The number of allylic oxidation sites excluding steroid dienone is 13. The van der Waals surface area contributed by atoms with Crippen LogP contribution in [0.5, 0.6) is 0 Å². The molecular formula is C61H107NO5. The molecule has 0 radical (unpaired) electrons. The Bertz CT molecular complexity index is 1280. The maximum atomic E-state index is 13.2. The highest BCUT2D eigenvalue weighted by molar-refractivity contribution is 5.78. The predicted molar refractivity (Wildman–Crippen MR) is 291 cm³/mol. The van der Waals surface area contributed by atoms with E-state index in [2.05, 4.69) is 99.0 Å². The van der Waals surface area contributed by atoms with Gasteiger partial charge >= 0.3 is 5.97 Å². The number of hydrogen-bond acceptors (Lipinski definition) is 5. The third-order valence-electron chi connectivity index (χ3n) is 12.5. The Hall–Kier alpha value is -2.96. The van der Waals surface area contributed by atoms with Crippen LogP contribution in [0.15, 0.2) is 85.1 Å². The van der Waals surface area contributed by atoms with Crippen LogP contribution in [0.1, 0.15) is 265 Å². The summed E-state index contributed by atoms with van der Waals surface area (Å²) in [6, 6.07) is -0.749. The van der Waals surface area contributed by atoms with Crippen LogP contribution in [0.2, 0.25) is 0 Å². The molecule has 0 fully saturated rings. The SMILES string of the molecule is CC/C=C\C/C=C\C/C=C\C/C=C\C/C=C\C/C=C\C(CC(=O)NC(CO)C(O)CCCCCCCCCCCCCCCCC)OC(=O)CCCCCCC/C=C/CCCCCCCCC. The molecule has 0 aliphatic heterocycles. The van der Waals surface area contributed by atoms with Gasteiger partial charge in [-0.05, 0) is 83.1 Å². The van der Waals surface area contributed by atoms with Crippen molar-refractivity contribution in [2.45, 2.75) is 283 Å². The van der Waals surface area contributed by atoms with Crippen molar-refractivity contribution in [1.82, 2.24) is 5.32 Å². The van der Waals surface area contributed by atoms with E-state index in [1.807, 2.05) is 6.08 Å². The molecule has 1 amide bonds. The quantitative estimate of drug-likeness (QED) is 0.0321. The van der Waals surface area contributed by atoms with Crippen LogP contribution in [0.25, 0.3) is 0 Å². The Morgan fingerprint density at radius 3 is 1.25 bits per heavy atom. The minimum Gasteiger partial charge on any atom is -0.458 e. The Labute approximate surface area is 414 Å². The van der Waals surface area contributed by atoms with Crippen molar-refractivity contribution in [2.24, 2.45) is 0 Å². The van der Waals surface area contributed by atoms with Crippen LogP contribution in [0.3, 0.4) is 0 Å². The van der Waals surface area contributed by atoms with Crippen molar-refractivity contribution in [3.63, 3.8) is 0 Å². The standard InChI is InChI=1S/C61H107NO5/c1-4-7-10-13-16-19-22-25-28-30-32-34-37-40-43-46-49-52-57(67-61(66)54-51-48-45-42-39-36-33-29-26-23-20-17-14-11-8-5-2)55-60(65)62-58(56-63)59(64)53-50-47-44-41-38-35-31-27-24-21-18-15-12-9-6-3/h7,10,16,19,25,28-29,32-34,40,43,49,52,57-59,63-64H,4-6,8-9,11-15,17-18,20-24,26-27,30-31,35-39,41-42,44-48,50-51,53-56H2,1-3H3,(H,62,65)/b10-7-,19-16-,28-25-,33-29+,34-32-,43-40-,52-49-. The number of hydrogen-bond donors (Lipinski definition) is 3. The molecule has 3 atom stereocenters. The summed E-state index contributed by atoms with van der Waals surface area (Å²) in [5.74, 6) is -0.638. The van der Waals surface area contributed by atoms with Crippen molar-refractivity contribution in [2.75, 3.05) is 6.61 Å². The van der Waals surface area contributed by atoms with Crippen LogP contribution in [0, 0.1) is 0 Å². The summed E-state index contributed by atoms with van der Waals surface area (Å²) in [5.41, 5.74) is 0. The minimum absolute atomic E-state index is 0.0530. The highest BCUT2D eigenvalue weighted by atomic mass is 16.5. The first-order chi connectivity index (χ1) is 33.0. The molecule has 6 nitrogen and oxygen atoms in total. The molecule has 0 bridgehead atoms. The molecule has 0 aromatic carbocycles. The number of unbranched alkanes of at least 4 members (excludes halogenated alkanes) is 26. The van der Waals surface area contributed by atoms with Crippen LogP contribution in [0.4, 0.5) is 0 Å². The van der Waals surface area contributed by atoms with E-state index < -0.39 is 18.2 Å². The average molecular weight is 935 g/mol. The highest BCUT2D eigenvalue weighted by Gasteiger charge is 2.23. The fourth-order valence-electron chi connectivity index (χ4n) is 8.19. The second-order valence-electron chi connectivity index (χ2n) is 19.0. The lowest BCUT2D eigenvalue weighted by Crippen LogP contribution is -2.46. The van der Waals surface area contributed by atoms with Gasteiger partial charge in [0.2, 0.25) is 5.91 Å². The van der Waals surface area contributed by atoms with Crippen LogP contribution < -0.4 is 5.32 Å². The van der Waals surface area contributed by atoms with E-state index in [1.165, 1.54) is 135 Å². The molecule has 386 valence electrons. The predicted octanol–water partition coefficient (Wildman–Crippen LogP) is 17.5. The van der Waals surface area contributed by atoms with Crippen LogP contribution in [-0.4, -0.2) is 46.9 Å². The van der Waals surface area contributed by atoms with Gasteiger partial charge in [-0.25, -0.2) is 0 Å². The van der Waals surface area contributed by atoms with Crippen molar-refractivity contribution in [1.29, 1.82) is 0 Å². The number of aliphatic hydroxyl groups is 2. The molecular weight excluding hydrogens is 827 g/mol. The zero-order valence-electron chi connectivity index (χ0n) is 44.0. The van der Waals surface area contributed by atoms with Gasteiger partial charge in [-0.2, -0.15) is 0 Å². The van der Waals surface area contributed by atoms with E-state index >= 15 is 0 Å². The van der Waals surface area contributed by atoms with Crippen molar-refractivity contribution >= 4 is 11.9 Å². The number of aliphatic hydroxyl groups excluding tert-OH is 2. The summed E-state index contributed by atoms with van der Waals surface area (Å²) in [4.78, 5) is 26.2. The van der Waals surface area contributed by atoms with Gasteiger partial charge in [0.25, 0.3) is 0 Å². The van der Waals surface area contributed by atoms with Gasteiger partial charge in [-0.15, -0.1) is 0 Å². The van der Waals surface area contributed by atoms with Crippen molar-refractivity contribution < 1.29 is 24.5 Å². The van der Waals surface area contributed by atoms with Gasteiger partial charge < -0.3 is 20.3 Å². The molecule has 3 N–H and O–H groups in total. The van der Waals surface area contributed by atoms with Gasteiger partial charge in [0.15, 0.2) is 0 Å². The normalized spacial score (nSPS) is 13.8. The average Bonchev–Trinajstić information content (AvgIpc) is 3.32. The number of rotatable bonds is 50. The molecule has 0 spiro atoms. The molecule has 0 aliphatic carbocycles. The molecule has 0 aromatic heterocycles. The fraction of sp³-hybridized carbons (Fsp3) is 0.738. The van der Waals surface area contributed by atoms with Gasteiger partial charge in [0.05, 0.1) is 25.2 Å². The molecule has 3 unspecified atom stereocenters. The van der Waals surface area contributed by atoms with Crippen LogP contribution in [-0.2, 0) is 14.3 Å². The Morgan fingerprint density at radius 1 is 0.463 bits per heavy atom. The summed E-state index contributed by atoms with van der Waals surface area (Å²) in [7, 11) is 0. The second kappa shape index (κ2) is 54.0. The van der Waals surface area contributed by atoms with Gasteiger partial charge in [0.1, 0.15) is 6.10 Å². The Balaban J connectivity index is 4.74. The first-order valence-electron chi connectivity index (χ1n) is 28.3. The molecule has 6 heteroatoms. The third kappa shape index (κ3) is 49.3. The van der Waals surface area contributed by atoms with Crippen molar-refractivity contribution in [3.05, 3.63) is 85.1 Å². The first kappa shape index (κ1) is 64.0. The zero-order valence-corrected chi connectivity index (χ0v) is 44.0. The number of esters is 1. The molecule has 0 heterocycles. The van der Waals surface area contributed by atoms with E-state index in [-0.39, 0.29) is 24.9 Å². The van der Waals surface area contributed by atoms with E-state index in [9.17, 15) is 19.8 Å². The number of amides is 1. The summed E-state index contributed by atoms with van der Waals surface area (Å²) in [5, 5.41) is 23.8. The maximum Gasteiger partial charge on any atom is 0.306 e. The summed E-state index contributed by atoms with van der Waals surface area (Å²) < 4.78 is 5.84. The van der Waals surface area contributed by atoms with E-state index in [0.717, 1.165) is 83.5 Å². The van der Waals surface area contributed by atoms with Crippen LogP contribution >= 0.6 is 0 Å². The minimum atomic E-state index is -0.825. The molecule has 0 rings (SSSR count). The number of carbonyl (C=O) groups is 2. The van der Waals surface area contributed by atoms with E-state index in [1.54, 1.807) is 6.08 Å². The van der Waals surface area contributed by atoms with Crippen molar-refractivity contribution in [3.8, 4) is 0 Å². The van der Waals surface area contributed by atoms with E-state index in [4.69, 9.17) is 4.74 Å². The zero-order chi connectivity index (χ0) is 48.8. The number of carbonyl (C=O) groups excluding carboxylic acids is 2. The molecule has 0 saturated carbocycles. The maximum absolute atomic E-state index is 13.2. The summed E-state index contributed by atoms with van der Waals surface area (Å²) >= 11 is 0.